The number of hydrogen-bond acceptors (Lipinski definition) is 5. The summed E-state index contributed by atoms with van der Waals surface area (Å²) in [5, 5.41) is 6.59. The molecule has 8 nitrogen and oxygen atoms in total. The van der Waals surface area contributed by atoms with Crippen LogP contribution in [-0.4, -0.2) is 45.5 Å². The fourth-order valence-corrected chi connectivity index (χ4v) is 3.41. The predicted octanol–water partition coefficient (Wildman–Crippen LogP) is 1.41. The van der Waals surface area contributed by atoms with Crippen LogP contribution in [0.4, 0.5) is 0 Å². The molecule has 0 fully saturated rings. The number of nitrogens with two attached hydrogens (primary N) is 2. The summed E-state index contributed by atoms with van der Waals surface area (Å²) in [7, 11) is 0. The molecule has 0 bridgehead atoms. The van der Waals surface area contributed by atoms with E-state index in [1.54, 1.807) is 17.0 Å². The van der Waals surface area contributed by atoms with Crippen molar-refractivity contribution < 1.29 is 14.4 Å². The van der Waals surface area contributed by atoms with Gasteiger partial charge in [-0.1, -0.05) is 24.3 Å². The minimum atomic E-state index is -0.732. The van der Waals surface area contributed by atoms with Crippen molar-refractivity contribution in [2.45, 2.75) is 0 Å². The van der Waals surface area contributed by atoms with Crippen LogP contribution in [0.15, 0.2) is 60.1 Å². The first-order chi connectivity index (χ1) is 13.9. The minimum Gasteiger partial charge on any atom is -0.368 e. The first-order valence-corrected chi connectivity index (χ1v) is 9.54. The van der Waals surface area contributed by atoms with Crippen molar-refractivity contribution in [2.24, 2.45) is 11.5 Å². The fraction of sp³-hybridized carbons (Fsp3) is 0.100. The number of primary amides is 2. The van der Waals surface area contributed by atoms with E-state index in [2.05, 4.69) is 5.10 Å². The van der Waals surface area contributed by atoms with Gasteiger partial charge in [-0.3, -0.25) is 14.4 Å². The quantitative estimate of drug-likeness (QED) is 0.546. The highest BCUT2D eigenvalue weighted by molar-refractivity contribution is 7.13. The molecule has 2 aromatic heterocycles. The minimum absolute atomic E-state index is 0.396. The lowest BCUT2D eigenvalue weighted by atomic mass is 10.2. The van der Waals surface area contributed by atoms with Gasteiger partial charge in [0.15, 0.2) is 0 Å². The number of para-hydroxylation sites is 1. The van der Waals surface area contributed by atoms with Crippen molar-refractivity contribution in [3.63, 3.8) is 0 Å². The molecule has 4 N–H and O–H groups in total. The lowest BCUT2D eigenvalue weighted by Gasteiger charge is -2.17. The molecule has 148 valence electrons. The predicted molar refractivity (Wildman–Crippen MR) is 111 cm³/mol. The van der Waals surface area contributed by atoms with Gasteiger partial charge in [0, 0.05) is 17.8 Å². The Bertz CT molecular complexity index is 1030. The van der Waals surface area contributed by atoms with Gasteiger partial charge in [0.1, 0.15) is 18.8 Å². The molecule has 0 aliphatic heterocycles. The third-order valence-electron chi connectivity index (χ3n) is 3.93. The van der Waals surface area contributed by atoms with E-state index in [-0.39, 0.29) is 0 Å². The first kappa shape index (κ1) is 20.0. The lowest BCUT2D eigenvalue weighted by Crippen LogP contribution is -2.42. The van der Waals surface area contributed by atoms with E-state index in [9.17, 15) is 14.4 Å². The Morgan fingerprint density at radius 3 is 2.31 bits per heavy atom. The molecule has 3 rings (SSSR count). The Labute approximate surface area is 171 Å². The number of carbonyl (C=O) groups excluding carboxylic acids is 3. The number of amides is 3. The summed E-state index contributed by atoms with van der Waals surface area (Å²) in [6.07, 6.45) is 4.68. The van der Waals surface area contributed by atoms with Crippen LogP contribution in [0.5, 0.6) is 0 Å². The van der Waals surface area contributed by atoms with Gasteiger partial charge in [-0.05, 0) is 29.7 Å². The van der Waals surface area contributed by atoms with E-state index in [0.717, 1.165) is 15.5 Å². The third kappa shape index (κ3) is 5.17. The molecule has 0 saturated heterocycles. The SMILES string of the molecule is NC(=O)CN(CC(N)=O)C(=O)C=Cc1cn(-c2ccccc2)nc1-c1cccs1. The molecule has 29 heavy (non-hydrogen) atoms. The maximum Gasteiger partial charge on any atom is 0.247 e. The van der Waals surface area contributed by atoms with Crippen molar-refractivity contribution in [3.8, 4) is 16.3 Å². The van der Waals surface area contributed by atoms with Crippen molar-refractivity contribution >= 4 is 35.1 Å². The molecule has 0 saturated carbocycles. The summed E-state index contributed by atoms with van der Waals surface area (Å²) >= 11 is 1.53. The summed E-state index contributed by atoms with van der Waals surface area (Å²) in [5.41, 5.74) is 12.6. The van der Waals surface area contributed by atoms with Crippen LogP contribution in [0.25, 0.3) is 22.3 Å². The number of thiophene rings is 1. The molecule has 9 heteroatoms. The highest BCUT2D eigenvalue weighted by atomic mass is 32.1. The third-order valence-corrected chi connectivity index (χ3v) is 4.80. The number of hydrogen-bond donors (Lipinski definition) is 2. The van der Waals surface area contributed by atoms with Crippen LogP contribution < -0.4 is 11.5 Å². The maximum absolute atomic E-state index is 12.5. The van der Waals surface area contributed by atoms with E-state index in [4.69, 9.17) is 11.5 Å². The van der Waals surface area contributed by atoms with Crippen LogP contribution in [-0.2, 0) is 14.4 Å². The Balaban J connectivity index is 1.92. The summed E-state index contributed by atoms with van der Waals surface area (Å²) in [6, 6.07) is 13.4. The first-order valence-electron chi connectivity index (χ1n) is 8.66. The Hall–Kier alpha value is -3.72. The van der Waals surface area contributed by atoms with E-state index < -0.39 is 30.8 Å². The van der Waals surface area contributed by atoms with Crippen molar-refractivity contribution in [1.82, 2.24) is 14.7 Å². The highest BCUT2D eigenvalue weighted by Crippen LogP contribution is 2.28. The number of benzene rings is 1. The van der Waals surface area contributed by atoms with Crippen LogP contribution in [0, 0.1) is 0 Å². The molecule has 0 aliphatic carbocycles. The number of carbonyl (C=O) groups is 3. The van der Waals surface area contributed by atoms with Crippen LogP contribution in [0.2, 0.25) is 0 Å². The average molecular weight is 409 g/mol. The second-order valence-electron chi connectivity index (χ2n) is 6.15. The Morgan fingerprint density at radius 2 is 1.72 bits per heavy atom. The molecule has 0 aliphatic rings. The average Bonchev–Trinajstić information content (AvgIpc) is 3.35. The number of rotatable bonds is 8. The Morgan fingerprint density at radius 1 is 1.03 bits per heavy atom. The normalized spacial score (nSPS) is 10.9. The number of aromatic nitrogens is 2. The maximum atomic E-state index is 12.5. The second kappa shape index (κ2) is 8.98. The monoisotopic (exact) mass is 409 g/mol. The number of nitrogens with zero attached hydrogens (tertiary/aromatic N) is 3. The molecule has 3 aromatic rings. The van der Waals surface area contributed by atoms with Crippen molar-refractivity contribution in [2.75, 3.05) is 13.1 Å². The van der Waals surface area contributed by atoms with E-state index in [1.807, 2.05) is 47.8 Å². The summed E-state index contributed by atoms with van der Waals surface area (Å²) < 4.78 is 1.73. The summed E-state index contributed by atoms with van der Waals surface area (Å²) in [4.78, 5) is 36.8. The van der Waals surface area contributed by atoms with Gasteiger partial charge in [-0.15, -0.1) is 11.3 Å². The lowest BCUT2D eigenvalue weighted by molar-refractivity contribution is -0.134. The summed E-state index contributed by atoms with van der Waals surface area (Å²) in [6.45, 7) is -0.791. The van der Waals surface area contributed by atoms with Crippen molar-refractivity contribution in [1.29, 1.82) is 0 Å². The van der Waals surface area contributed by atoms with Crippen LogP contribution in [0.3, 0.4) is 0 Å². The molecule has 0 atom stereocenters. The van der Waals surface area contributed by atoms with Crippen LogP contribution >= 0.6 is 11.3 Å². The molecule has 1 aromatic carbocycles. The standard InChI is InChI=1S/C20H19N5O3S/c21-17(26)12-24(13-18(22)27)19(28)9-8-14-11-25(15-5-2-1-3-6-15)23-20(14)16-7-4-10-29-16/h1-11H,12-13H2,(H2,21,26)(H2,22,27). The van der Waals surface area contributed by atoms with E-state index >= 15 is 0 Å². The Kier molecular flexibility index (Phi) is 6.20. The van der Waals surface area contributed by atoms with Gasteiger partial charge >= 0.3 is 0 Å². The topological polar surface area (TPSA) is 124 Å². The zero-order chi connectivity index (χ0) is 20.8. The largest absolute Gasteiger partial charge is 0.368 e. The molecule has 0 unspecified atom stereocenters. The zero-order valence-corrected chi connectivity index (χ0v) is 16.2. The molecular formula is C20H19N5O3S. The van der Waals surface area contributed by atoms with Crippen molar-refractivity contribution in [3.05, 3.63) is 65.7 Å². The van der Waals surface area contributed by atoms with Gasteiger partial charge in [0.05, 0.1) is 10.6 Å². The smallest absolute Gasteiger partial charge is 0.247 e. The van der Waals surface area contributed by atoms with Crippen LogP contribution in [0.1, 0.15) is 5.56 Å². The second-order valence-corrected chi connectivity index (χ2v) is 7.10. The van der Waals surface area contributed by atoms with Gasteiger partial charge < -0.3 is 16.4 Å². The molecule has 0 radical (unpaired) electrons. The molecule has 2 heterocycles. The van der Waals surface area contributed by atoms with Gasteiger partial charge in [0.25, 0.3) is 0 Å². The molecule has 0 spiro atoms. The van der Waals surface area contributed by atoms with Gasteiger partial charge in [0.2, 0.25) is 17.7 Å². The van der Waals surface area contributed by atoms with Gasteiger partial charge in [-0.25, -0.2) is 4.68 Å². The van der Waals surface area contributed by atoms with E-state index in [1.165, 1.54) is 17.4 Å². The summed E-state index contributed by atoms with van der Waals surface area (Å²) in [5.74, 6) is -2.01. The molecular weight excluding hydrogens is 390 g/mol. The zero-order valence-electron chi connectivity index (χ0n) is 15.4. The fourth-order valence-electron chi connectivity index (χ4n) is 2.68. The van der Waals surface area contributed by atoms with E-state index in [0.29, 0.717) is 11.3 Å². The van der Waals surface area contributed by atoms with Gasteiger partial charge in [-0.2, -0.15) is 5.10 Å². The highest BCUT2D eigenvalue weighted by Gasteiger charge is 2.17. The molecule has 3 amide bonds.